The number of hydrogen-bond donors (Lipinski definition) is 0. The molecule has 1 aromatic heterocycles. The van der Waals surface area contributed by atoms with Gasteiger partial charge in [-0.3, -0.25) is 19.1 Å². The maximum atomic E-state index is 13.5. The zero-order valence-corrected chi connectivity index (χ0v) is 24.2. The van der Waals surface area contributed by atoms with Crippen molar-refractivity contribution in [2.24, 2.45) is 7.05 Å². The Kier molecular flexibility index (Phi) is 7.99. The van der Waals surface area contributed by atoms with E-state index < -0.39 is 0 Å². The molecule has 40 heavy (non-hydrogen) atoms. The van der Waals surface area contributed by atoms with Crippen molar-refractivity contribution in [1.82, 2.24) is 9.47 Å². The van der Waals surface area contributed by atoms with E-state index in [0.29, 0.717) is 57.4 Å². The van der Waals surface area contributed by atoms with Gasteiger partial charge in [-0.25, -0.2) is 4.39 Å². The van der Waals surface area contributed by atoms with E-state index >= 15 is 0 Å². The van der Waals surface area contributed by atoms with Gasteiger partial charge in [0, 0.05) is 49.5 Å². The van der Waals surface area contributed by atoms with Crippen molar-refractivity contribution in [1.29, 1.82) is 5.26 Å². The topological polar surface area (TPSA) is 72.6 Å². The molecule has 0 N–H and O–H groups in total. The van der Waals surface area contributed by atoms with Crippen LogP contribution in [-0.4, -0.2) is 45.9 Å². The third-order valence-corrected chi connectivity index (χ3v) is 8.92. The first-order chi connectivity index (χ1) is 19.2. The number of nitrogens with zero attached hydrogens (tertiary/aromatic N) is 5. The van der Waals surface area contributed by atoms with Crippen molar-refractivity contribution >= 4 is 63.4 Å². The maximum absolute atomic E-state index is 13.5. The van der Waals surface area contributed by atoms with Gasteiger partial charge in [-0.15, -0.1) is 0 Å². The lowest BCUT2D eigenvalue weighted by atomic mass is 10.0. The summed E-state index contributed by atoms with van der Waals surface area (Å²) in [5.41, 5.74) is 2.50. The number of thiocarbonyl (C=S) groups is 1. The van der Waals surface area contributed by atoms with Crippen LogP contribution in [0.2, 0.25) is 5.02 Å². The number of pyridine rings is 1. The summed E-state index contributed by atoms with van der Waals surface area (Å²) < 4.78 is 15.3. The molecule has 2 aromatic carbocycles. The molecule has 3 heterocycles. The minimum absolute atomic E-state index is 0.0361. The summed E-state index contributed by atoms with van der Waals surface area (Å²) in [5.74, 6) is 0.0951. The number of aromatic nitrogens is 1. The molecular formula is C29H25ClFN5O2S2. The minimum atomic E-state index is -0.389. The average Bonchev–Trinajstić information content (AvgIpc) is 3.21. The Hall–Kier alpha value is -3.65. The first-order valence-electron chi connectivity index (χ1n) is 12.6. The van der Waals surface area contributed by atoms with Gasteiger partial charge < -0.3 is 9.80 Å². The lowest BCUT2D eigenvalue weighted by molar-refractivity contribution is -0.122. The van der Waals surface area contributed by atoms with Gasteiger partial charge in [-0.05, 0) is 54.5 Å². The third-order valence-electron chi connectivity index (χ3n) is 7.17. The van der Waals surface area contributed by atoms with Crippen LogP contribution in [-0.2, 0) is 18.4 Å². The highest BCUT2D eigenvalue weighted by Crippen LogP contribution is 2.37. The number of nitriles is 1. The molecule has 0 bridgehead atoms. The quantitative estimate of drug-likeness (QED) is 0.302. The molecule has 2 aliphatic rings. The number of anilines is 2. The molecule has 0 aliphatic carbocycles. The largest absolute Gasteiger partial charge is 0.368 e. The number of benzene rings is 2. The number of carbonyl (C=O) groups excluding carboxylic acids is 1. The fraction of sp³-hybridized carbons (Fsp3) is 0.241. The van der Waals surface area contributed by atoms with Gasteiger partial charge in [-0.2, -0.15) is 5.26 Å². The molecule has 2 aliphatic heterocycles. The Morgan fingerprint density at radius 3 is 2.38 bits per heavy atom. The highest BCUT2D eigenvalue weighted by Gasteiger charge is 2.34. The van der Waals surface area contributed by atoms with Crippen molar-refractivity contribution in [3.8, 4) is 6.07 Å². The van der Waals surface area contributed by atoms with Gasteiger partial charge in [0.2, 0.25) is 0 Å². The zero-order chi connectivity index (χ0) is 28.6. The molecule has 0 radical (unpaired) electrons. The number of halogens is 2. The minimum Gasteiger partial charge on any atom is -0.368 e. The molecular weight excluding hydrogens is 569 g/mol. The van der Waals surface area contributed by atoms with E-state index in [2.05, 4.69) is 9.80 Å². The first-order valence-corrected chi connectivity index (χ1v) is 14.2. The SMILES string of the molecule is Cc1c(C=C2SC(=S)N(Cc3ccccc3Cl)C2=O)c(N2CCN(c3ccc(F)cc3)CC2)n(C)c(=O)c1C#N. The van der Waals surface area contributed by atoms with Gasteiger partial charge in [0.1, 0.15) is 27.6 Å². The van der Waals surface area contributed by atoms with Crippen LogP contribution in [0.15, 0.2) is 58.2 Å². The first kappa shape index (κ1) is 27.9. The fourth-order valence-electron chi connectivity index (χ4n) is 4.99. The molecule has 204 valence electrons. The molecule has 5 rings (SSSR count). The predicted molar refractivity (Wildman–Crippen MR) is 162 cm³/mol. The highest BCUT2D eigenvalue weighted by atomic mass is 35.5. The molecule has 0 unspecified atom stereocenters. The maximum Gasteiger partial charge on any atom is 0.270 e. The number of piperazine rings is 1. The lowest BCUT2D eigenvalue weighted by Crippen LogP contribution is -2.48. The van der Waals surface area contributed by atoms with E-state index in [4.69, 9.17) is 23.8 Å². The summed E-state index contributed by atoms with van der Waals surface area (Å²) >= 11 is 13.1. The Morgan fingerprint density at radius 1 is 1.07 bits per heavy atom. The molecule has 0 atom stereocenters. The van der Waals surface area contributed by atoms with Gasteiger partial charge in [-0.1, -0.05) is 53.8 Å². The molecule has 2 fully saturated rings. The van der Waals surface area contributed by atoms with Crippen LogP contribution in [0.3, 0.4) is 0 Å². The summed E-state index contributed by atoms with van der Waals surface area (Å²) in [6.07, 6.45) is 1.74. The Bertz CT molecular complexity index is 1640. The number of rotatable bonds is 5. The molecule has 1 amide bonds. The van der Waals surface area contributed by atoms with Crippen molar-refractivity contribution in [3.63, 3.8) is 0 Å². The molecule has 0 spiro atoms. The number of carbonyl (C=O) groups is 1. The van der Waals surface area contributed by atoms with E-state index in [-0.39, 0.29) is 29.4 Å². The van der Waals surface area contributed by atoms with Crippen LogP contribution < -0.4 is 15.4 Å². The number of thioether (sulfide) groups is 1. The van der Waals surface area contributed by atoms with Crippen molar-refractivity contribution in [3.05, 3.63) is 96.9 Å². The lowest BCUT2D eigenvalue weighted by Gasteiger charge is -2.38. The molecule has 11 heteroatoms. The summed E-state index contributed by atoms with van der Waals surface area (Å²) in [6.45, 7) is 4.45. The number of hydrogen-bond acceptors (Lipinski definition) is 7. The van der Waals surface area contributed by atoms with Crippen LogP contribution in [0.5, 0.6) is 0 Å². The second-order valence-corrected chi connectivity index (χ2v) is 11.6. The van der Waals surface area contributed by atoms with E-state index in [9.17, 15) is 19.2 Å². The van der Waals surface area contributed by atoms with Crippen LogP contribution in [0, 0.1) is 24.1 Å². The Morgan fingerprint density at radius 2 is 1.73 bits per heavy atom. The van der Waals surface area contributed by atoms with E-state index in [1.165, 1.54) is 33.4 Å². The average molecular weight is 594 g/mol. The summed E-state index contributed by atoms with van der Waals surface area (Å²) in [7, 11) is 1.64. The van der Waals surface area contributed by atoms with Crippen LogP contribution in [0.4, 0.5) is 15.9 Å². The van der Waals surface area contributed by atoms with Crippen molar-refractivity contribution < 1.29 is 9.18 Å². The zero-order valence-electron chi connectivity index (χ0n) is 21.9. The second kappa shape index (κ2) is 11.5. The van der Waals surface area contributed by atoms with E-state index in [1.807, 2.05) is 24.3 Å². The summed E-state index contributed by atoms with van der Waals surface area (Å²) in [4.78, 5) is 32.8. The molecule has 2 saturated heterocycles. The van der Waals surface area contributed by atoms with E-state index in [1.54, 1.807) is 38.2 Å². The van der Waals surface area contributed by atoms with Gasteiger partial charge in [0.05, 0.1) is 11.4 Å². The predicted octanol–water partition coefficient (Wildman–Crippen LogP) is 5.09. The fourth-order valence-corrected chi connectivity index (χ4v) is 6.42. The summed E-state index contributed by atoms with van der Waals surface area (Å²) in [6, 6.07) is 15.7. The van der Waals surface area contributed by atoms with Crippen LogP contribution in [0.1, 0.15) is 22.3 Å². The van der Waals surface area contributed by atoms with Crippen LogP contribution in [0.25, 0.3) is 6.08 Å². The molecule has 3 aromatic rings. The van der Waals surface area contributed by atoms with Gasteiger partial charge in [0.15, 0.2) is 0 Å². The Balaban J connectivity index is 1.49. The number of amides is 1. The Labute approximate surface area is 246 Å². The van der Waals surface area contributed by atoms with Crippen molar-refractivity contribution in [2.75, 3.05) is 36.0 Å². The van der Waals surface area contributed by atoms with Gasteiger partial charge >= 0.3 is 0 Å². The van der Waals surface area contributed by atoms with Crippen LogP contribution >= 0.6 is 35.6 Å². The smallest absolute Gasteiger partial charge is 0.270 e. The molecule has 0 saturated carbocycles. The standard InChI is InChI=1S/C29H25ClFN5O2S2/c1-18-22(15-25-28(38)36(29(39)40-25)17-19-5-3-4-6-24(19)30)26(33(2)27(37)23(18)16-32)35-13-11-34(12-14-35)21-9-7-20(31)8-10-21/h3-10,15H,11-14,17H2,1-2H3. The van der Waals surface area contributed by atoms with Crippen molar-refractivity contribution in [2.45, 2.75) is 13.5 Å². The summed E-state index contributed by atoms with van der Waals surface area (Å²) in [5, 5.41) is 10.3. The van der Waals surface area contributed by atoms with E-state index in [0.717, 1.165) is 11.3 Å². The normalized spacial score (nSPS) is 16.7. The third kappa shape index (κ3) is 5.24. The second-order valence-electron chi connectivity index (χ2n) is 9.52. The monoisotopic (exact) mass is 593 g/mol. The molecule has 7 nitrogen and oxygen atoms in total. The highest BCUT2D eigenvalue weighted by molar-refractivity contribution is 8.26. The van der Waals surface area contributed by atoms with Gasteiger partial charge in [0.25, 0.3) is 11.5 Å².